The summed E-state index contributed by atoms with van der Waals surface area (Å²) in [5.74, 6) is -1.47. The molecule has 0 saturated carbocycles. The summed E-state index contributed by atoms with van der Waals surface area (Å²) in [7, 11) is 0. The van der Waals surface area contributed by atoms with Gasteiger partial charge >= 0.3 is 5.38 Å². The van der Waals surface area contributed by atoms with Gasteiger partial charge in [-0.2, -0.15) is 8.78 Å². The van der Waals surface area contributed by atoms with Gasteiger partial charge in [0, 0.05) is 5.56 Å². The molecule has 0 heterocycles. The molecule has 0 radical (unpaired) electrons. The lowest BCUT2D eigenvalue weighted by molar-refractivity contribution is 0.0535. The highest BCUT2D eigenvalue weighted by molar-refractivity contribution is 6.40. The van der Waals surface area contributed by atoms with Crippen molar-refractivity contribution in [1.82, 2.24) is 0 Å². The Kier molecular flexibility index (Phi) is 3.12. The molecule has 0 aliphatic carbocycles. The highest BCUT2D eigenvalue weighted by Gasteiger charge is 2.38. The number of aryl methyl sites for hydroxylation is 1. The molecule has 0 atom stereocenters. The monoisotopic (exact) mass is 238 g/mol. The van der Waals surface area contributed by atoms with Crippen LogP contribution < -0.4 is 0 Å². The van der Waals surface area contributed by atoms with Gasteiger partial charge in [0.25, 0.3) is 0 Å². The number of halogens is 4. The van der Waals surface area contributed by atoms with Gasteiger partial charge in [0.2, 0.25) is 5.78 Å². The number of alkyl halides is 3. The second-order valence-electron chi connectivity index (χ2n) is 2.76. The number of benzene rings is 1. The first-order valence-corrected chi connectivity index (χ1v) is 4.46. The third kappa shape index (κ3) is 2.22. The fraction of sp³-hybridized carbons (Fsp3) is 0.222. The molecule has 0 amide bonds. The topological polar surface area (TPSA) is 17.1 Å². The van der Waals surface area contributed by atoms with Gasteiger partial charge in [-0.3, -0.25) is 4.79 Å². The lowest BCUT2D eigenvalue weighted by Crippen LogP contribution is -2.22. The molecule has 0 aromatic heterocycles. The molecule has 0 saturated heterocycles. The molecule has 1 nitrogen and oxygen atoms in total. The number of hydrogen-bond donors (Lipinski definition) is 0. The maximum atomic E-state index is 12.5. The molecule has 0 spiro atoms. The zero-order chi connectivity index (χ0) is 10.9. The lowest BCUT2D eigenvalue weighted by atomic mass is 10.1. The van der Waals surface area contributed by atoms with Gasteiger partial charge in [-0.05, 0) is 30.2 Å². The molecule has 1 rings (SSSR count). The second-order valence-corrected chi connectivity index (χ2v) is 3.64. The van der Waals surface area contributed by atoms with Crippen molar-refractivity contribution in [3.05, 3.63) is 34.3 Å². The van der Waals surface area contributed by atoms with E-state index in [2.05, 4.69) is 11.6 Å². The molecule has 1 aromatic carbocycles. The zero-order valence-corrected chi connectivity index (χ0v) is 8.66. The van der Waals surface area contributed by atoms with Crippen LogP contribution in [0.15, 0.2) is 18.2 Å². The van der Waals surface area contributed by atoms with Gasteiger partial charge in [-0.25, -0.2) is 0 Å². The summed E-state index contributed by atoms with van der Waals surface area (Å²) >= 11 is 10.2. The average molecular weight is 239 g/mol. The van der Waals surface area contributed by atoms with E-state index in [-0.39, 0.29) is 10.6 Å². The van der Waals surface area contributed by atoms with Crippen molar-refractivity contribution < 1.29 is 13.6 Å². The smallest absolute Gasteiger partial charge is 0.286 e. The standard InChI is InChI=1S/C9H6Cl2F2O/c1-5-3-2-4-6(10)7(5)8(14)9(11,12)13/h2-4H,1H3. The van der Waals surface area contributed by atoms with E-state index in [1.54, 1.807) is 6.07 Å². The molecule has 0 bridgehead atoms. The minimum Gasteiger partial charge on any atom is -0.286 e. The van der Waals surface area contributed by atoms with Crippen LogP contribution in [-0.2, 0) is 0 Å². The third-order valence-corrected chi connectivity index (χ3v) is 2.19. The van der Waals surface area contributed by atoms with Gasteiger partial charge in [-0.15, -0.1) is 0 Å². The molecule has 76 valence electrons. The van der Waals surface area contributed by atoms with Gasteiger partial charge in [0.05, 0.1) is 5.02 Å². The van der Waals surface area contributed by atoms with Crippen molar-refractivity contribution in [2.24, 2.45) is 0 Å². The van der Waals surface area contributed by atoms with E-state index >= 15 is 0 Å². The van der Waals surface area contributed by atoms with Crippen LogP contribution in [0.1, 0.15) is 15.9 Å². The Morgan fingerprint density at radius 1 is 1.43 bits per heavy atom. The first-order chi connectivity index (χ1) is 6.34. The number of carbonyl (C=O) groups is 1. The van der Waals surface area contributed by atoms with E-state index in [0.717, 1.165) is 0 Å². The van der Waals surface area contributed by atoms with Crippen LogP contribution in [0.2, 0.25) is 5.02 Å². The fourth-order valence-electron chi connectivity index (χ4n) is 1.06. The predicted molar refractivity (Wildman–Crippen MR) is 51.3 cm³/mol. The SMILES string of the molecule is Cc1cccc(Cl)c1C(=O)C(F)(F)Cl. The molecule has 14 heavy (non-hydrogen) atoms. The first-order valence-electron chi connectivity index (χ1n) is 3.70. The molecule has 0 unspecified atom stereocenters. The Hall–Kier alpha value is -0.670. The molecule has 5 heteroatoms. The summed E-state index contributed by atoms with van der Waals surface area (Å²) in [6, 6.07) is 4.45. The Morgan fingerprint density at radius 2 is 2.00 bits per heavy atom. The minimum atomic E-state index is -3.91. The summed E-state index contributed by atoms with van der Waals surface area (Å²) in [4.78, 5) is 11.1. The van der Waals surface area contributed by atoms with Crippen LogP contribution in [0.4, 0.5) is 8.78 Å². The normalized spacial score (nSPS) is 11.5. The van der Waals surface area contributed by atoms with Crippen molar-refractivity contribution in [2.75, 3.05) is 0 Å². The molecule has 0 fully saturated rings. The van der Waals surface area contributed by atoms with Crippen LogP contribution in [0, 0.1) is 6.92 Å². The summed E-state index contributed by atoms with van der Waals surface area (Å²) in [6.07, 6.45) is 0. The quantitative estimate of drug-likeness (QED) is 0.568. The minimum absolute atomic E-state index is 0.0182. The fourth-order valence-corrected chi connectivity index (χ4v) is 1.46. The van der Waals surface area contributed by atoms with E-state index in [4.69, 9.17) is 11.6 Å². The molecular formula is C9H6Cl2F2O. The number of ketones is 1. The number of rotatable bonds is 2. The molecule has 0 aliphatic rings. The van der Waals surface area contributed by atoms with Crippen LogP contribution in [0.5, 0.6) is 0 Å². The Balaban J connectivity index is 3.26. The summed E-state index contributed by atoms with van der Waals surface area (Å²) in [6.45, 7) is 1.52. The average Bonchev–Trinajstić information content (AvgIpc) is 2.01. The number of hydrogen-bond acceptors (Lipinski definition) is 1. The van der Waals surface area contributed by atoms with Crippen molar-refractivity contribution in [3.8, 4) is 0 Å². The van der Waals surface area contributed by atoms with Crippen LogP contribution in [-0.4, -0.2) is 11.2 Å². The van der Waals surface area contributed by atoms with Gasteiger partial charge in [-0.1, -0.05) is 23.7 Å². The maximum Gasteiger partial charge on any atom is 0.384 e. The van der Waals surface area contributed by atoms with Crippen LogP contribution in [0.3, 0.4) is 0 Å². The summed E-state index contributed by atoms with van der Waals surface area (Å²) < 4.78 is 25.0. The first kappa shape index (κ1) is 11.4. The van der Waals surface area contributed by atoms with E-state index in [1.807, 2.05) is 0 Å². The van der Waals surface area contributed by atoms with Crippen LogP contribution in [0.25, 0.3) is 0 Å². The van der Waals surface area contributed by atoms with E-state index < -0.39 is 11.2 Å². The number of carbonyl (C=O) groups excluding carboxylic acids is 1. The van der Waals surface area contributed by atoms with Crippen molar-refractivity contribution in [2.45, 2.75) is 12.3 Å². The Bertz CT molecular complexity index is 351. The van der Waals surface area contributed by atoms with Crippen LogP contribution >= 0.6 is 23.2 Å². The van der Waals surface area contributed by atoms with Gasteiger partial charge in [0.15, 0.2) is 0 Å². The highest BCUT2D eigenvalue weighted by atomic mass is 35.5. The Labute approximate surface area is 89.6 Å². The number of Topliss-reactive ketones (excluding diaryl/α,β-unsaturated/α-hetero) is 1. The van der Waals surface area contributed by atoms with E-state index in [1.165, 1.54) is 19.1 Å². The maximum absolute atomic E-state index is 12.5. The second kappa shape index (κ2) is 3.83. The molecule has 0 N–H and O–H groups in total. The van der Waals surface area contributed by atoms with Gasteiger partial charge < -0.3 is 0 Å². The lowest BCUT2D eigenvalue weighted by Gasteiger charge is -2.10. The van der Waals surface area contributed by atoms with Crippen molar-refractivity contribution in [1.29, 1.82) is 0 Å². The zero-order valence-electron chi connectivity index (χ0n) is 7.15. The van der Waals surface area contributed by atoms with E-state index in [9.17, 15) is 13.6 Å². The van der Waals surface area contributed by atoms with Gasteiger partial charge in [0.1, 0.15) is 0 Å². The Morgan fingerprint density at radius 3 is 2.43 bits per heavy atom. The summed E-state index contributed by atoms with van der Waals surface area (Å²) in [5.41, 5.74) is 0.150. The largest absolute Gasteiger partial charge is 0.384 e. The van der Waals surface area contributed by atoms with Crippen molar-refractivity contribution in [3.63, 3.8) is 0 Å². The van der Waals surface area contributed by atoms with E-state index in [0.29, 0.717) is 5.56 Å². The molecular weight excluding hydrogens is 233 g/mol. The highest BCUT2D eigenvalue weighted by Crippen LogP contribution is 2.29. The van der Waals surface area contributed by atoms with Crippen molar-refractivity contribution >= 4 is 29.0 Å². The molecule has 0 aliphatic heterocycles. The summed E-state index contributed by atoms with van der Waals surface area (Å²) in [5, 5.41) is -3.93. The molecule has 1 aromatic rings. The predicted octanol–water partition coefficient (Wildman–Crippen LogP) is 3.66. The third-order valence-electron chi connectivity index (χ3n) is 1.71.